The van der Waals surface area contributed by atoms with E-state index >= 15 is 0 Å². The van der Waals surface area contributed by atoms with Gasteiger partial charge in [0, 0.05) is 23.5 Å². The van der Waals surface area contributed by atoms with E-state index in [0.717, 1.165) is 16.7 Å². The zero-order valence-electron chi connectivity index (χ0n) is 8.88. The largest absolute Gasteiger partial charge is 0.384 e. The van der Waals surface area contributed by atoms with Crippen LogP contribution in [0.25, 0.3) is 22.4 Å². The first-order valence-corrected chi connectivity index (χ1v) is 5.12. The van der Waals surface area contributed by atoms with E-state index < -0.39 is 0 Å². The Morgan fingerprint density at radius 3 is 2.88 bits per heavy atom. The molecule has 0 saturated carbocycles. The molecule has 2 aliphatic heterocycles. The smallest absolute Gasteiger partial charge is 0.124 e. The van der Waals surface area contributed by atoms with Gasteiger partial charge in [0.05, 0.1) is 11.3 Å². The van der Waals surface area contributed by atoms with E-state index in [9.17, 15) is 0 Å². The minimum atomic E-state index is 0.421. The Kier molecular flexibility index (Phi) is 1.92. The summed E-state index contributed by atoms with van der Waals surface area (Å²) in [5.41, 5.74) is 9.66. The van der Waals surface area contributed by atoms with Gasteiger partial charge >= 0.3 is 0 Å². The third kappa shape index (κ3) is 1.37. The van der Waals surface area contributed by atoms with E-state index in [4.69, 9.17) is 11.0 Å². The second-order valence-electron chi connectivity index (χ2n) is 3.77. The van der Waals surface area contributed by atoms with E-state index in [-0.39, 0.29) is 0 Å². The Bertz CT molecular complexity index is 684. The van der Waals surface area contributed by atoms with Crippen LogP contribution in [0.3, 0.4) is 0 Å². The summed E-state index contributed by atoms with van der Waals surface area (Å²) in [6.45, 7) is 0. The Labute approximate surface area is 98.0 Å². The number of nitrogen functional groups attached to an aromatic ring is 1. The van der Waals surface area contributed by atoms with Gasteiger partial charge < -0.3 is 5.73 Å². The number of aromatic nitrogens is 2. The van der Waals surface area contributed by atoms with Crippen LogP contribution < -0.4 is 5.73 Å². The minimum absolute atomic E-state index is 0.421. The predicted molar refractivity (Wildman–Crippen MR) is 64.4 cm³/mol. The van der Waals surface area contributed by atoms with Crippen LogP contribution in [0.15, 0.2) is 36.7 Å². The van der Waals surface area contributed by atoms with Gasteiger partial charge in [0.1, 0.15) is 11.9 Å². The first kappa shape index (κ1) is 9.55. The summed E-state index contributed by atoms with van der Waals surface area (Å²) in [4.78, 5) is 8.31. The SMILES string of the molecule is N#Cc1cncc2cccc-2c2cc(N)nc1-2. The van der Waals surface area contributed by atoms with Crippen molar-refractivity contribution in [3.8, 4) is 28.5 Å². The molecule has 2 N–H and O–H groups in total. The number of nitriles is 1. The second-order valence-corrected chi connectivity index (χ2v) is 3.77. The zero-order valence-corrected chi connectivity index (χ0v) is 8.88. The van der Waals surface area contributed by atoms with Gasteiger partial charge in [-0.2, -0.15) is 5.26 Å². The lowest BCUT2D eigenvalue weighted by Gasteiger charge is -2.02. The average molecular weight is 220 g/mol. The van der Waals surface area contributed by atoms with Crippen LogP contribution in [-0.4, -0.2) is 9.97 Å². The molecule has 3 rings (SSSR count). The van der Waals surface area contributed by atoms with Crippen molar-refractivity contribution in [1.82, 2.24) is 9.97 Å². The van der Waals surface area contributed by atoms with Crippen molar-refractivity contribution in [2.45, 2.75) is 0 Å². The third-order valence-corrected chi connectivity index (χ3v) is 2.72. The van der Waals surface area contributed by atoms with Gasteiger partial charge in [-0.1, -0.05) is 18.2 Å². The first-order chi connectivity index (χ1) is 8.29. The molecule has 0 saturated heterocycles. The molecule has 4 nitrogen and oxygen atoms in total. The molecule has 3 aliphatic rings. The van der Waals surface area contributed by atoms with Crippen LogP contribution in [0, 0.1) is 11.3 Å². The number of rotatable bonds is 0. The Balaban J connectivity index is 2.47. The molecule has 2 heterocycles. The fourth-order valence-electron chi connectivity index (χ4n) is 1.98. The molecule has 0 atom stereocenters. The topological polar surface area (TPSA) is 75.6 Å². The maximum Gasteiger partial charge on any atom is 0.124 e. The lowest BCUT2D eigenvalue weighted by Crippen LogP contribution is -1.87. The highest BCUT2D eigenvalue weighted by Gasteiger charge is 2.16. The maximum atomic E-state index is 9.09. The van der Waals surface area contributed by atoms with Gasteiger partial charge in [-0.15, -0.1) is 0 Å². The number of nitrogens with zero attached hydrogens (tertiary/aromatic N) is 3. The van der Waals surface area contributed by atoms with Crippen LogP contribution in [0.4, 0.5) is 5.82 Å². The third-order valence-electron chi connectivity index (χ3n) is 2.72. The summed E-state index contributed by atoms with van der Waals surface area (Å²) in [6.07, 6.45) is 3.25. The average Bonchev–Trinajstić information content (AvgIpc) is 2.88. The molecule has 0 radical (unpaired) electrons. The van der Waals surface area contributed by atoms with Crippen LogP contribution in [-0.2, 0) is 0 Å². The molecular formula is C13H8N4. The molecule has 0 aromatic carbocycles. The van der Waals surface area contributed by atoms with Gasteiger partial charge in [-0.3, -0.25) is 4.98 Å². The van der Waals surface area contributed by atoms with Crippen molar-refractivity contribution in [1.29, 1.82) is 5.26 Å². The summed E-state index contributed by atoms with van der Waals surface area (Å²) < 4.78 is 0. The molecular weight excluding hydrogens is 212 g/mol. The summed E-state index contributed by atoms with van der Waals surface area (Å²) >= 11 is 0. The van der Waals surface area contributed by atoms with Gasteiger partial charge in [0.25, 0.3) is 0 Å². The molecule has 0 aromatic rings. The molecule has 80 valence electrons. The molecule has 1 aliphatic carbocycles. The van der Waals surface area contributed by atoms with E-state index in [1.807, 2.05) is 18.2 Å². The molecule has 0 unspecified atom stereocenters. The Morgan fingerprint density at radius 1 is 1.18 bits per heavy atom. The zero-order chi connectivity index (χ0) is 11.8. The molecule has 0 amide bonds. The van der Waals surface area contributed by atoms with Crippen LogP contribution in [0.1, 0.15) is 5.56 Å². The molecule has 0 aromatic heterocycles. The van der Waals surface area contributed by atoms with E-state index in [2.05, 4.69) is 16.0 Å². The van der Waals surface area contributed by atoms with Crippen molar-refractivity contribution in [2.24, 2.45) is 0 Å². The summed E-state index contributed by atoms with van der Waals surface area (Å²) in [5.74, 6) is 0.421. The molecule has 17 heavy (non-hydrogen) atoms. The number of nitrogens with two attached hydrogens (primary N) is 1. The molecule has 0 spiro atoms. The van der Waals surface area contributed by atoms with Crippen LogP contribution >= 0.6 is 0 Å². The van der Waals surface area contributed by atoms with Gasteiger partial charge in [0.2, 0.25) is 0 Å². The monoisotopic (exact) mass is 220 g/mol. The normalized spacial score (nSPS) is 10.5. The number of hydrogen-bond donors (Lipinski definition) is 1. The number of hydrogen-bond acceptors (Lipinski definition) is 4. The van der Waals surface area contributed by atoms with Gasteiger partial charge in [0.15, 0.2) is 0 Å². The van der Waals surface area contributed by atoms with Gasteiger partial charge in [-0.25, -0.2) is 4.98 Å². The fraction of sp³-hybridized carbons (Fsp3) is 0. The van der Waals surface area contributed by atoms with Crippen molar-refractivity contribution < 1.29 is 0 Å². The quantitative estimate of drug-likeness (QED) is 0.629. The van der Waals surface area contributed by atoms with Gasteiger partial charge in [-0.05, 0) is 11.6 Å². The minimum Gasteiger partial charge on any atom is -0.384 e. The standard InChI is InChI=1S/C13H8N4/c14-5-9-7-16-6-8-2-1-3-10(8)11-4-12(15)17-13(9)11/h1-4,6-7H,(H2,15,17). The van der Waals surface area contributed by atoms with E-state index in [1.165, 1.54) is 6.20 Å². The first-order valence-electron chi connectivity index (χ1n) is 5.12. The Morgan fingerprint density at radius 2 is 2.06 bits per heavy atom. The number of anilines is 1. The van der Waals surface area contributed by atoms with Crippen LogP contribution in [0.5, 0.6) is 0 Å². The van der Waals surface area contributed by atoms with Crippen molar-refractivity contribution in [3.05, 3.63) is 42.2 Å². The van der Waals surface area contributed by atoms with Crippen molar-refractivity contribution in [3.63, 3.8) is 0 Å². The maximum absolute atomic E-state index is 9.09. The molecule has 0 bridgehead atoms. The van der Waals surface area contributed by atoms with E-state index in [1.54, 1.807) is 12.3 Å². The van der Waals surface area contributed by atoms with Crippen molar-refractivity contribution in [2.75, 3.05) is 5.73 Å². The highest BCUT2D eigenvalue weighted by molar-refractivity contribution is 5.87. The van der Waals surface area contributed by atoms with Crippen molar-refractivity contribution >= 4 is 5.82 Å². The highest BCUT2D eigenvalue weighted by atomic mass is 14.9. The molecule has 4 heteroatoms. The lowest BCUT2D eigenvalue weighted by molar-refractivity contribution is 1.30. The Hall–Kier alpha value is -2.67. The predicted octanol–water partition coefficient (Wildman–Crippen LogP) is 2.14. The highest BCUT2D eigenvalue weighted by Crippen LogP contribution is 2.35. The number of fused-ring (bicyclic) bond motifs is 3. The second kappa shape index (κ2) is 3.42. The summed E-state index contributed by atoms with van der Waals surface area (Å²) in [6, 6.07) is 9.77. The summed E-state index contributed by atoms with van der Waals surface area (Å²) in [7, 11) is 0. The van der Waals surface area contributed by atoms with E-state index in [0.29, 0.717) is 17.1 Å². The van der Waals surface area contributed by atoms with Crippen LogP contribution in [0.2, 0.25) is 0 Å². The molecule has 0 fully saturated rings. The lowest BCUT2D eigenvalue weighted by atomic mass is 10.0. The fourth-order valence-corrected chi connectivity index (χ4v) is 1.98. The summed E-state index contributed by atoms with van der Waals surface area (Å²) in [5, 5.41) is 9.09.